The van der Waals surface area contributed by atoms with E-state index in [9.17, 15) is 9.59 Å². The minimum absolute atomic E-state index is 0.171. The van der Waals surface area contributed by atoms with Gasteiger partial charge in [0, 0.05) is 12.7 Å². The minimum Gasteiger partial charge on any atom is -0.438 e. The van der Waals surface area contributed by atoms with Crippen molar-refractivity contribution in [1.29, 1.82) is 0 Å². The molecule has 4 rings (SSSR count). The molecule has 0 N–H and O–H groups in total. The number of benzene rings is 1. The zero-order valence-corrected chi connectivity index (χ0v) is 22.0. The number of thiocarbonyl (C=S) groups is 1. The average molecular weight is 508 g/mol. The third-order valence-electron chi connectivity index (χ3n) is 5.87. The predicted octanol–water partition coefficient (Wildman–Crippen LogP) is 6.31. The molecule has 0 atom stereocenters. The Kier molecular flexibility index (Phi) is 7.72. The second-order valence-corrected chi connectivity index (χ2v) is 10.6. The number of hydrogen-bond donors (Lipinski definition) is 0. The lowest BCUT2D eigenvalue weighted by Gasteiger charge is -2.16. The summed E-state index contributed by atoms with van der Waals surface area (Å²) in [5.41, 5.74) is 2.44. The number of pyridine rings is 1. The summed E-state index contributed by atoms with van der Waals surface area (Å²) in [5.74, 6) is 0.854. The summed E-state index contributed by atoms with van der Waals surface area (Å²) in [6.07, 6.45) is 6.21. The van der Waals surface area contributed by atoms with Gasteiger partial charge >= 0.3 is 0 Å². The molecule has 0 unspecified atom stereocenters. The van der Waals surface area contributed by atoms with Gasteiger partial charge in [0.15, 0.2) is 0 Å². The number of ether oxygens (including phenoxy) is 1. The monoisotopic (exact) mass is 507 g/mol. The first kappa shape index (κ1) is 25.1. The third-order valence-corrected chi connectivity index (χ3v) is 7.24. The Morgan fingerprint density at radius 3 is 2.71 bits per heavy atom. The highest BCUT2D eigenvalue weighted by atomic mass is 32.2. The fraction of sp³-hybridized carbons (Fsp3) is 0.333. The van der Waals surface area contributed by atoms with Gasteiger partial charge in [-0.05, 0) is 54.7 Å². The summed E-state index contributed by atoms with van der Waals surface area (Å²) < 4.78 is 8.28. The lowest BCUT2D eigenvalue weighted by Crippen LogP contribution is -2.29. The molecule has 0 aliphatic carbocycles. The van der Waals surface area contributed by atoms with Crippen LogP contribution in [0.2, 0.25) is 0 Å². The van der Waals surface area contributed by atoms with Crippen LogP contribution in [0.5, 0.6) is 11.6 Å². The van der Waals surface area contributed by atoms with E-state index in [4.69, 9.17) is 17.0 Å². The van der Waals surface area contributed by atoms with Crippen molar-refractivity contribution in [2.24, 2.45) is 0 Å². The van der Waals surface area contributed by atoms with Gasteiger partial charge in [-0.2, -0.15) is 4.98 Å². The number of carbonyl (C=O) groups excluding carboxylic acids is 1. The van der Waals surface area contributed by atoms with Gasteiger partial charge in [0.05, 0.1) is 4.91 Å². The molecule has 1 fully saturated rings. The molecule has 2 aromatic heterocycles. The fourth-order valence-corrected chi connectivity index (χ4v) is 5.23. The first-order valence-corrected chi connectivity index (χ1v) is 13.1. The molecule has 6 nitrogen and oxygen atoms in total. The van der Waals surface area contributed by atoms with Crippen LogP contribution < -0.4 is 10.3 Å². The smallest absolute Gasteiger partial charge is 0.269 e. The van der Waals surface area contributed by atoms with Crippen LogP contribution in [-0.2, 0) is 4.79 Å². The SMILES string of the molecule is CCCCCN1C(=O)/C(=C\c2c(Oc3cc(C)ccc3C(C)C)nc3ccccn3c2=O)SC1=S. The van der Waals surface area contributed by atoms with Gasteiger partial charge in [-0.25, -0.2) is 0 Å². The van der Waals surface area contributed by atoms with E-state index < -0.39 is 0 Å². The summed E-state index contributed by atoms with van der Waals surface area (Å²) in [6.45, 7) is 8.86. The highest BCUT2D eigenvalue weighted by molar-refractivity contribution is 8.26. The van der Waals surface area contributed by atoms with E-state index in [1.54, 1.807) is 29.3 Å². The first-order valence-electron chi connectivity index (χ1n) is 11.8. The second kappa shape index (κ2) is 10.7. The summed E-state index contributed by atoms with van der Waals surface area (Å²) in [5, 5.41) is 0. The predicted molar refractivity (Wildman–Crippen MR) is 146 cm³/mol. The molecule has 1 aliphatic rings. The lowest BCUT2D eigenvalue weighted by molar-refractivity contribution is -0.122. The van der Waals surface area contributed by atoms with Crippen molar-refractivity contribution in [2.45, 2.75) is 52.9 Å². The number of nitrogens with zero attached hydrogens (tertiary/aromatic N) is 3. The van der Waals surface area contributed by atoms with Crippen molar-refractivity contribution >= 4 is 45.9 Å². The van der Waals surface area contributed by atoms with Crippen molar-refractivity contribution in [2.75, 3.05) is 6.54 Å². The number of hydrogen-bond acceptors (Lipinski definition) is 6. The van der Waals surface area contributed by atoms with E-state index in [2.05, 4.69) is 25.8 Å². The van der Waals surface area contributed by atoms with Crippen LogP contribution in [0.3, 0.4) is 0 Å². The Bertz CT molecular complexity index is 1380. The van der Waals surface area contributed by atoms with Crippen LogP contribution in [0.1, 0.15) is 62.6 Å². The van der Waals surface area contributed by atoms with Gasteiger partial charge in [-0.3, -0.25) is 18.9 Å². The second-order valence-electron chi connectivity index (χ2n) is 8.90. The maximum Gasteiger partial charge on any atom is 0.269 e. The lowest BCUT2D eigenvalue weighted by atomic mass is 10.0. The standard InChI is InChI=1S/C27H29N3O3S2/c1-5-6-8-14-30-26(32)22(35-27(30)34)16-20-24(28-23-10-7-9-13-29(23)25(20)31)33-21-15-18(4)11-12-19(21)17(2)3/h7,9-13,15-17H,5-6,8,14H2,1-4H3/b22-16+. The molecule has 0 bridgehead atoms. The average Bonchev–Trinajstić information content (AvgIpc) is 3.09. The molecule has 3 aromatic rings. The van der Waals surface area contributed by atoms with Gasteiger partial charge in [-0.1, -0.05) is 75.8 Å². The number of unbranched alkanes of at least 4 members (excludes halogenated alkanes) is 2. The zero-order chi connectivity index (χ0) is 25.1. The van der Waals surface area contributed by atoms with Crippen LogP contribution in [0.25, 0.3) is 11.7 Å². The number of aryl methyl sites for hydroxylation is 1. The molecule has 3 heterocycles. The maximum absolute atomic E-state index is 13.5. The van der Waals surface area contributed by atoms with Crippen LogP contribution in [-0.4, -0.2) is 31.1 Å². The van der Waals surface area contributed by atoms with Crippen molar-refractivity contribution in [3.05, 3.63) is 74.5 Å². The topological polar surface area (TPSA) is 63.9 Å². The van der Waals surface area contributed by atoms with Gasteiger partial charge < -0.3 is 4.74 Å². The van der Waals surface area contributed by atoms with E-state index in [0.29, 0.717) is 27.2 Å². The molecule has 0 radical (unpaired) electrons. The van der Waals surface area contributed by atoms with Crippen molar-refractivity contribution in [3.8, 4) is 11.6 Å². The molecule has 0 saturated carbocycles. The van der Waals surface area contributed by atoms with E-state index in [-0.39, 0.29) is 28.8 Å². The van der Waals surface area contributed by atoms with E-state index in [1.165, 1.54) is 16.2 Å². The van der Waals surface area contributed by atoms with E-state index >= 15 is 0 Å². The van der Waals surface area contributed by atoms with Crippen LogP contribution in [0.4, 0.5) is 0 Å². The first-order chi connectivity index (χ1) is 16.8. The molecule has 0 spiro atoms. The largest absolute Gasteiger partial charge is 0.438 e. The number of thioether (sulfide) groups is 1. The van der Waals surface area contributed by atoms with Gasteiger partial charge in [-0.15, -0.1) is 0 Å². The van der Waals surface area contributed by atoms with Crippen molar-refractivity contribution in [3.63, 3.8) is 0 Å². The van der Waals surface area contributed by atoms with Crippen molar-refractivity contribution in [1.82, 2.24) is 14.3 Å². The summed E-state index contributed by atoms with van der Waals surface area (Å²) >= 11 is 6.68. The molecular formula is C27H29N3O3S2. The Hall–Kier alpha value is -2.97. The van der Waals surface area contributed by atoms with Gasteiger partial charge in [0.2, 0.25) is 5.88 Å². The number of aromatic nitrogens is 2. The zero-order valence-electron chi connectivity index (χ0n) is 20.4. The summed E-state index contributed by atoms with van der Waals surface area (Å²) in [4.78, 5) is 33.3. The fourth-order valence-electron chi connectivity index (χ4n) is 3.94. The normalized spacial score (nSPS) is 15.1. The Labute approximate surface area is 215 Å². The minimum atomic E-state index is -0.305. The Balaban J connectivity index is 1.81. The Morgan fingerprint density at radius 2 is 1.97 bits per heavy atom. The van der Waals surface area contributed by atoms with Gasteiger partial charge in [0.1, 0.15) is 21.3 Å². The highest BCUT2D eigenvalue weighted by Gasteiger charge is 2.32. The molecule has 35 heavy (non-hydrogen) atoms. The molecule has 1 saturated heterocycles. The van der Waals surface area contributed by atoms with Crippen LogP contribution in [0, 0.1) is 6.92 Å². The Morgan fingerprint density at radius 1 is 1.17 bits per heavy atom. The number of carbonyl (C=O) groups is 1. The van der Waals surface area contributed by atoms with Crippen LogP contribution in [0.15, 0.2) is 52.3 Å². The van der Waals surface area contributed by atoms with E-state index in [1.807, 2.05) is 31.2 Å². The maximum atomic E-state index is 13.5. The number of amides is 1. The van der Waals surface area contributed by atoms with Crippen LogP contribution >= 0.6 is 24.0 Å². The van der Waals surface area contributed by atoms with Gasteiger partial charge in [0.25, 0.3) is 11.5 Å². The number of fused-ring (bicyclic) bond motifs is 1. The molecule has 1 aliphatic heterocycles. The van der Waals surface area contributed by atoms with E-state index in [0.717, 1.165) is 30.4 Å². The highest BCUT2D eigenvalue weighted by Crippen LogP contribution is 2.36. The molecule has 182 valence electrons. The number of rotatable bonds is 8. The summed E-state index contributed by atoms with van der Waals surface area (Å²) in [6, 6.07) is 11.4. The quantitative estimate of drug-likeness (QED) is 0.202. The molecule has 1 aromatic carbocycles. The molecule has 1 amide bonds. The third kappa shape index (κ3) is 5.33. The summed E-state index contributed by atoms with van der Waals surface area (Å²) in [7, 11) is 0. The molecular weight excluding hydrogens is 478 g/mol. The molecule has 8 heteroatoms. The van der Waals surface area contributed by atoms with Crippen molar-refractivity contribution < 1.29 is 9.53 Å².